The second-order valence-corrected chi connectivity index (χ2v) is 8.09. The molecular formula is C24H26BrCl2NO. The maximum Gasteiger partial charge on any atom is 0.124 e. The molecule has 154 valence electrons. The molecule has 0 aliphatic carbocycles. The van der Waals surface area contributed by atoms with E-state index in [9.17, 15) is 0 Å². The van der Waals surface area contributed by atoms with E-state index in [4.69, 9.17) is 16.3 Å². The van der Waals surface area contributed by atoms with Gasteiger partial charge in [-0.05, 0) is 36.2 Å². The monoisotopic (exact) mass is 493 g/mol. The van der Waals surface area contributed by atoms with Crippen LogP contribution in [-0.4, -0.2) is 0 Å². The molecule has 0 radical (unpaired) electrons. The number of hydrogen-bond acceptors (Lipinski definition) is 2. The molecule has 3 rings (SSSR count). The van der Waals surface area contributed by atoms with Crippen LogP contribution in [0.15, 0.2) is 77.3 Å². The molecule has 0 aliphatic heterocycles. The van der Waals surface area contributed by atoms with Gasteiger partial charge in [0.25, 0.3) is 0 Å². The molecular weight excluding hydrogens is 469 g/mol. The van der Waals surface area contributed by atoms with Gasteiger partial charge in [-0.1, -0.05) is 89.4 Å². The van der Waals surface area contributed by atoms with E-state index in [0.29, 0.717) is 12.6 Å². The molecule has 0 amide bonds. The second kappa shape index (κ2) is 12.2. The Labute approximate surface area is 193 Å². The number of rotatable bonds is 9. The fourth-order valence-corrected chi connectivity index (χ4v) is 3.79. The second-order valence-electron chi connectivity index (χ2n) is 6.76. The van der Waals surface area contributed by atoms with Crippen molar-refractivity contribution in [2.75, 3.05) is 0 Å². The van der Waals surface area contributed by atoms with Gasteiger partial charge in [-0.25, -0.2) is 0 Å². The largest absolute Gasteiger partial charge is 0.489 e. The minimum atomic E-state index is 0. The fourth-order valence-electron chi connectivity index (χ4n) is 3.19. The van der Waals surface area contributed by atoms with E-state index < -0.39 is 0 Å². The first kappa shape index (κ1) is 23.8. The standard InChI is InChI=1S/C24H25BrClNO.ClH/c1-2-8-23(18-9-4-3-5-10-18)27-16-20-15-21(25)13-14-24(20)28-17-19-11-6-7-12-22(19)26;/h3-7,9-15,23,27H,2,8,16-17H2,1H3;1H. The fraction of sp³-hybridized carbons (Fsp3) is 0.250. The first-order valence-corrected chi connectivity index (χ1v) is 10.8. The lowest BCUT2D eigenvalue weighted by atomic mass is 10.0. The van der Waals surface area contributed by atoms with Crippen molar-refractivity contribution in [2.24, 2.45) is 0 Å². The molecule has 0 saturated heterocycles. The summed E-state index contributed by atoms with van der Waals surface area (Å²) >= 11 is 9.84. The van der Waals surface area contributed by atoms with Gasteiger partial charge in [0.2, 0.25) is 0 Å². The number of benzene rings is 3. The SMILES string of the molecule is CCCC(NCc1cc(Br)ccc1OCc1ccccc1Cl)c1ccccc1.Cl. The zero-order valence-electron chi connectivity index (χ0n) is 16.4. The molecule has 3 aromatic carbocycles. The Morgan fingerprint density at radius 1 is 0.966 bits per heavy atom. The van der Waals surface area contributed by atoms with Crippen molar-refractivity contribution in [2.45, 2.75) is 39.0 Å². The van der Waals surface area contributed by atoms with Gasteiger partial charge in [0.1, 0.15) is 12.4 Å². The van der Waals surface area contributed by atoms with Gasteiger partial charge in [-0.15, -0.1) is 12.4 Å². The highest BCUT2D eigenvalue weighted by atomic mass is 79.9. The van der Waals surface area contributed by atoms with E-state index in [1.807, 2.05) is 36.4 Å². The van der Waals surface area contributed by atoms with Gasteiger partial charge in [0.05, 0.1) is 0 Å². The first-order valence-electron chi connectivity index (χ1n) is 9.60. The quantitative estimate of drug-likeness (QED) is 0.328. The highest BCUT2D eigenvalue weighted by Gasteiger charge is 2.12. The molecule has 3 aromatic rings. The van der Waals surface area contributed by atoms with Gasteiger partial charge in [0, 0.05) is 33.2 Å². The van der Waals surface area contributed by atoms with Gasteiger partial charge in [0.15, 0.2) is 0 Å². The summed E-state index contributed by atoms with van der Waals surface area (Å²) in [6.45, 7) is 3.40. The summed E-state index contributed by atoms with van der Waals surface area (Å²) in [6, 6.07) is 24.8. The molecule has 29 heavy (non-hydrogen) atoms. The lowest BCUT2D eigenvalue weighted by Gasteiger charge is -2.20. The molecule has 2 nitrogen and oxygen atoms in total. The van der Waals surface area contributed by atoms with Crippen molar-refractivity contribution < 1.29 is 4.74 Å². The molecule has 0 aromatic heterocycles. The topological polar surface area (TPSA) is 21.3 Å². The third-order valence-electron chi connectivity index (χ3n) is 4.68. The minimum absolute atomic E-state index is 0. The molecule has 0 spiro atoms. The summed E-state index contributed by atoms with van der Waals surface area (Å²) in [5.74, 6) is 0.874. The highest BCUT2D eigenvalue weighted by Crippen LogP contribution is 2.27. The number of nitrogens with one attached hydrogen (secondary N) is 1. The van der Waals surface area contributed by atoms with Gasteiger partial charge in [-0.2, -0.15) is 0 Å². The van der Waals surface area contributed by atoms with Crippen molar-refractivity contribution in [1.29, 1.82) is 0 Å². The smallest absolute Gasteiger partial charge is 0.124 e. The summed E-state index contributed by atoms with van der Waals surface area (Å²) in [4.78, 5) is 0. The van der Waals surface area contributed by atoms with Crippen LogP contribution in [0.3, 0.4) is 0 Å². The number of halogens is 3. The lowest BCUT2D eigenvalue weighted by Crippen LogP contribution is -2.21. The molecule has 0 heterocycles. The van der Waals surface area contributed by atoms with Crippen LogP contribution in [0.4, 0.5) is 0 Å². The Kier molecular flexibility index (Phi) is 10.0. The molecule has 1 unspecified atom stereocenters. The van der Waals surface area contributed by atoms with Crippen LogP contribution in [0.25, 0.3) is 0 Å². The van der Waals surface area contributed by atoms with Crippen LogP contribution < -0.4 is 10.1 Å². The molecule has 0 aliphatic rings. The zero-order chi connectivity index (χ0) is 19.8. The van der Waals surface area contributed by atoms with Crippen molar-refractivity contribution in [1.82, 2.24) is 5.32 Å². The summed E-state index contributed by atoms with van der Waals surface area (Å²) in [7, 11) is 0. The maximum absolute atomic E-state index is 6.26. The average molecular weight is 495 g/mol. The van der Waals surface area contributed by atoms with Gasteiger partial charge >= 0.3 is 0 Å². The van der Waals surface area contributed by atoms with E-state index in [2.05, 4.69) is 64.6 Å². The average Bonchev–Trinajstić information content (AvgIpc) is 2.72. The Morgan fingerprint density at radius 3 is 2.41 bits per heavy atom. The predicted molar refractivity (Wildman–Crippen MR) is 128 cm³/mol. The van der Waals surface area contributed by atoms with E-state index in [-0.39, 0.29) is 12.4 Å². The molecule has 1 N–H and O–H groups in total. The summed E-state index contributed by atoms with van der Waals surface area (Å²) < 4.78 is 7.15. The van der Waals surface area contributed by atoms with Crippen LogP contribution in [0, 0.1) is 0 Å². The number of hydrogen-bond donors (Lipinski definition) is 1. The Hall–Kier alpha value is -1.52. The van der Waals surface area contributed by atoms with Crippen LogP contribution in [0.5, 0.6) is 5.75 Å². The van der Waals surface area contributed by atoms with Crippen LogP contribution >= 0.6 is 39.9 Å². The van der Waals surface area contributed by atoms with Gasteiger partial charge < -0.3 is 10.1 Å². The molecule has 0 bridgehead atoms. The third kappa shape index (κ3) is 7.04. The normalized spacial score (nSPS) is 11.6. The summed E-state index contributed by atoms with van der Waals surface area (Å²) in [5.41, 5.74) is 3.43. The Bertz CT molecular complexity index is 889. The first-order chi connectivity index (χ1) is 13.7. The summed E-state index contributed by atoms with van der Waals surface area (Å²) in [5, 5.41) is 4.43. The minimum Gasteiger partial charge on any atom is -0.489 e. The van der Waals surface area contributed by atoms with Crippen LogP contribution in [0.2, 0.25) is 5.02 Å². The Balaban J connectivity index is 0.00000300. The van der Waals surface area contributed by atoms with Crippen molar-refractivity contribution in [3.05, 3.63) is 99.0 Å². The Morgan fingerprint density at radius 2 is 1.69 bits per heavy atom. The lowest BCUT2D eigenvalue weighted by molar-refractivity contribution is 0.301. The predicted octanol–water partition coefficient (Wildman–Crippen LogP) is 7.73. The van der Waals surface area contributed by atoms with Gasteiger partial charge in [-0.3, -0.25) is 0 Å². The van der Waals surface area contributed by atoms with Crippen molar-refractivity contribution in [3.8, 4) is 5.75 Å². The zero-order valence-corrected chi connectivity index (χ0v) is 19.6. The number of ether oxygens (including phenoxy) is 1. The molecule has 0 saturated carbocycles. The van der Waals surface area contributed by atoms with E-state index in [1.54, 1.807) is 0 Å². The van der Waals surface area contributed by atoms with Crippen LogP contribution in [0.1, 0.15) is 42.5 Å². The van der Waals surface area contributed by atoms with E-state index in [1.165, 1.54) is 5.56 Å². The van der Waals surface area contributed by atoms with E-state index in [0.717, 1.165) is 45.8 Å². The van der Waals surface area contributed by atoms with E-state index >= 15 is 0 Å². The molecule has 1 atom stereocenters. The molecule has 5 heteroatoms. The maximum atomic E-state index is 6.26. The third-order valence-corrected chi connectivity index (χ3v) is 5.54. The molecule has 0 fully saturated rings. The highest BCUT2D eigenvalue weighted by molar-refractivity contribution is 9.10. The van der Waals surface area contributed by atoms with Crippen molar-refractivity contribution in [3.63, 3.8) is 0 Å². The summed E-state index contributed by atoms with van der Waals surface area (Å²) in [6.07, 6.45) is 2.22. The van der Waals surface area contributed by atoms with Crippen LogP contribution in [-0.2, 0) is 13.2 Å². The van der Waals surface area contributed by atoms with Crippen molar-refractivity contribution >= 4 is 39.9 Å².